The average Bonchev–Trinajstić information content (AvgIpc) is 2.33. The van der Waals surface area contributed by atoms with E-state index in [0.717, 1.165) is 25.9 Å². The summed E-state index contributed by atoms with van der Waals surface area (Å²) in [6.07, 6.45) is 1.86. The second-order valence-corrected chi connectivity index (χ2v) is 2.62. The van der Waals surface area contributed by atoms with Crippen molar-refractivity contribution in [2.24, 2.45) is 0 Å². The van der Waals surface area contributed by atoms with Crippen LogP contribution in [0.2, 0.25) is 0 Å². The van der Waals surface area contributed by atoms with Crippen molar-refractivity contribution in [2.45, 2.75) is 25.8 Å². The second kappa shape index (κ2) is 4.57. The molecule has 1 rings (SSSR count). The van der Waals surface area contributed by atoms with E-state index in [1.54, 1.807) is 0 Å². The standard InChI is InChI=1S/C7H13NO2.ClH/c1-2-8-5-3-4-6(8)7(9)10;/h6H,2-5H2,1H3,(H,9,10);1H/t6-;/m0./s1. The van der Waals surface area contributed by atoms with E-state index in [1.807, 2.05) is 11.8 Å². The van der Waals surface area contributed by atoms with Crippen LogP contribution in [0.1, 0.15) is 19.8 Å². The molecule has 1 aliphatic rings. The molecule has 0 bridgehead atoms. The van der Waals surface area contributed by atoms with Gasteiger partial charge in [0.05, 0.1) is 0 Å². The van der Waals surface area contributed by atoms with Gasteiger partial charge in [0.25, 0.3) is 0 Å². The summed E-state index contributed by atoms with van der Waals surface area (Å²) in [7, 11) is 0. The lowest BCUT2D eigenvalue weighted by Crippen LogP contribution is -2.35. The summed E-state index contributed by atoms with van der Waals surface area (Å²) < 4.78 is 0. The number of hydrogen-bond acceptors (Lipinski definition) is 2. The van der Waals surface area contributed by atoms with Crippen molar-refractivity contribution in [2.75, 3.05) is 13.1 Å². The monoisotopic (exact) mass is 179 g/mol. The van der Waals surface area contributed by atoms with Gasteiger partial charge in [0.15, 0.2) is 0 Å². The van der Waals surface area contributed by atoms with Crippen LogP contribution in [0.4, 0.5) is 0 Å². The van der Waals surface area contributed by atoms with E-state index >= 15 is 0 Å². The van der Waals surface area contributed by atoms with Gasteiger partial charge in [0, 0.05) is 0 Å². The zero-order valence-electron chi connectivity index (χ0n) is 6.62. The molecule has 1 aliphatic heterocycles. The summed E-state index contributed by atoms with van der Waals surface area (Å²) in [5.74, 6) is -0.667. The fourth-order valence-electron chi connectivity index (χ4n) is 1.48. The lowest BCUT2D eigenvalue weighted by molar-refractivity contribution is -0.142. The van der Waals surface area contributed by atoms with Crippen LogP contribution in [0, 0.1) is 0 Å². The van der Waals surface area contributed by atoms with Crippen LogP contribution in [0.25, 0.3) is 0 Å². The second-order valence-electron chi connectivity index (χ2n) is 2.62. The lowest BCUT2D eigenvalue weighted by atomic mass is 10.2. The normalized spacial score (nSPS) is 24.6. The third-order valence-electron chi connectivity index (χ3n) is 2.05. The molecular weight excluding hydrogens is 166 g/mol. The Morgan fingerprint density at radius 3 is 2.73 bits per heavy atom. The van der Waals surface area contributed by atoms with Gasteiger partial charge in [0.2, 0.25) is 0 Å². The van der Waals surface area contributed by atoms with Crippen LogP contribution >= 0.6 is 12.4 Å². The topological polar surface area (TPSA) is 40.5 Å². The van der Waals surface area contributed by atoms with Crippen LogP contribution in [-0.2, 0) is 4.79 Å². The van der Waals surface area contributed by atoms with Crippen LogP contribution in [-0.4, -0.2) is 35.1 Å². The molecule has 0 unspecified atom stereocenters. The van der Waals surface area contributed by atoms with Gasteiger partial charge in [-0.3, -0.25) is 9.69 Å². The number of likely N-dealkylation sites (tertiary alicyclic amines) is 1. The molecule has 66 valence electrons. The Morgan fingerprint density at radius 2 is 2.36 bits per heavy atom. The van der Waals surface area contributed by atoms with Crippen LogP contribution in [0.3, 0.4) is 0 Å². The minimum Gasteiger partial charge on any atom is -0.480 e. The molecule has 0 aliphatic carbocycles. The minimum absolute atomic E-state index is 0. The average molecular weight is 180 g/mol. The fourth-order valence-corrected chi connectivity index (χ4v) is 1.48. The Kier molecular flexibility index (Phi) is 4.45. The van der Waals surface area contributed by atoms with Crippen LogP contribution in [0.15, 0.2) is 0 Å². The first-order valence-electron chi connectivity index (χ1n) is 3.72. The van der Waals surface area contributed by atoms with Crippen LogP contribution in [0.5, 0.6) is 0 Å². The summed E-state index contributed by atoms with van der Waals surface area (Å²) in [4.78, 5) is 12.5. The number of aliphatic carboxylic acids is 1. The van der Waals surface area contributed by atoms with E-state index in [1.165, 1.54) is 0 Å². The van der Waals surface area contributed by atoms with E-state index in [9.17, 15) is 4.79 Å². The number of hydrogen-bond donors (Lipinski definition) is 1. The summed E-state index contributed by atoms with van der Waals surface area (Å²) in [5, 5.41) is 8.67. The van der Waals surface area contributed by atoms with Crippen molar-refractivity contribution in [1.82, 2.24) is 4.90 Å². The molecule has 0 aromatic heterocycles. The molecule has 1 heterocycles. The SMILES string of the molecule is CCN1CCC[C@H]1C(=O)O.Cl. The molecule has 1 N–H and O–H groups in total. The maximum absolute atomic E-state index is 10.5. The van der Waals surface area contributed by atoms with Crippen molar-refractivity contribution in [1.29, 1.82) is 0 Å². The van der Waals surface area contributed by atoms with E-state index in [2.05, 4.69) is 0 Å². The van der Waals surface area contributed by atoms with Gasteiger partial charge >= 0.3 is 5.97 Å². The summed E-state index contributed by atoms with van der Waals surface area (Å²) in [6, 6.07) is -0.204. The molecule has 0 saturated carbocycles. The van der Waals surface area contributed by atoms with Crippen molar-refractivity contribution < 1.29 is 9.90 Å². The number of halogens is 1. The molecule has 0 radical (unpaired) electrons. The third-order valence-corrected chi connectivity index (χ3v) is 2.05. The smallest absolute Gasteiger partial charge is 0.320 e. The predicted molar refractivity (Wildman–Crippen MR) is 45.2 cm³/mol. The zero-order valence-corrected chi connectivity index (χ0v) is 7.43. The van der Waals surface area contributed by atoms with Crippen LogP contribution < -0.4 is 0 Å². The highest BCUT2D eigenvalue weighted by atomic mass is 35.5. The van der Waals surface area contributed by atoms with E-state index in [0.29, 0.717) is 0 Å². The Labute approximate surface area is 72.8 Å². The number of carbonyl (C=O) groups is 1. The van der Waals surface area contributed by atoms with Crippen molar-refractivity contribution in [3.8, 4) is 0 Å². The first-order valence-corrected chi connectivity index (χ1v) is 3.72. The first-order chi connectivity index (χ1) is 4.75. The molecule has 11 heavy (non-hydrogen) atoms. The van der Waals surface area contributed by atoms with Gasteiger partial charge in [-0.15, -0.1) is 12.4 Å². The summed E-state index contributed by atoms with van der Waals surface area (Å²) in [6.45, 7) is 3.81. The first kappa shape index (κ1) is 10.7. The molecule has 4 heteroatoms. The Morgan fingerprint density at radius 1 is 1.73 bits per heavy atom. The number of nitrogens with zero attached hydrogens (tertiary/aromatic N) is 1. The zero-order chi connectivity index (χ0) is 7.56. The van der Waals surface area contributed by atoms with Crippen molar-refractivity contribution >= 4 is 18.4 Å². The molecular formula is C7H14ClNO2. The molecule has 1 saturated heterocycles. The Bertz CT molecular complexity index is 140. The maximum Gasteiger partial charge on any atom is 0.320 e. The summed E-state index contributed by atoms with van der Waals surface area (Å²) in [5.41, 5.74) is 0. The van der Waals surface area contributed by atoms with Crippen molar-refractivity contribution in [3.63, 3.8) is 0 Å². The van der Waals surface area contributed by atoms with Gasteiger partial charge in [-0.05, 0) is 25.9 Å². The lowest BCUT2D eigenvalue weighted by Gasteiger charge is -2.17. The molecule has 0 amide bonds. The highest BCUT2D eigenvalue weighted by Crippen LogP contribution is 2.15. The van der Waals surface area contributed by atoms with E-state index in [4.69, 9.17) is 5.11 Å². The predicted octanol–water partition coefficient (Wildman–Crippen LogP) is 0.977. The number of likely N-dealkylation sites (N-methyl/N-ethyl adjacent to an activating group) is 1. The van der Waals surface area contributed by atoms with E-state index < -0.39 is 5.97 Å². The molecule has 0 aromatic carbocycles. The largest absolute Gasteiger partial charge is 0.480 e. The third kappa shape index (κ3) is 2.34. The van der Waals surface area contributed by atoms with Crippen molar-refractivity contribution in [3.05, 3.63) is 0 Å². The van der Waals surface area contributed by atoms with E-state index in [-0.39, 0.29) is 18.4 Å². The van der Waals surface area contributed by atoms with Gasteiger partial charge in [-0.2, -0.15) is 0 Å². The van der Waals surface area contributed by atoms with Gasteiger partial charge < -0.3 is 5.11 Å². The Balaban J connectivity index is 0.000001000. The molecule has 1 atom stereocenters. The molecule has 0 spiro atoms. The molecule has 0 aromatic rings. The number of carboxylic acid groups (broad SMARTS) is 1. The van der Waals surface area contributed by atoms with Gasteiger partial charge in [-0.1, -0.05) is 6.92 Å². The maximum atomic E-state index is 10.5. The highest BCUT2D eigenvalue weighted by molar-refractivity contribution is 5.85. The number of carboxylic acids is 1. The van der Waals surface area contributed by atoms with Gasteiger partial charge in [0.1, 0.15) is 6.04 Å². The Hall–Kier alpha value is -0.280. The quantitative estimate of drug-likeness (QED) is 0.687. The molecule has 1 fully saturated rings. The highest BCUT2D eigenvalue weighted by Gasteiger charge is 2.28. The molecule has 3 nitrogen and oxygen atoms in total. The minimum atomic E-state index is -0.667. The fraction of sp³-hybridized carbons (Fsp3) is 0.857. The number of rotatable bonds is 2. The summed E-state index contributed by atoms with van der Waals surface area (Å²) >= 11 is 0. The van der Waals surface area contributed by atoms with Gasteiger partial charge in [-0.25, -0.2) is 0 Å².